The highest BCUT2D eigenvalue weighted by Gasteiger charge is 2.08. The number of carboxylic acid groups (broad SMARTS) is 1. The van der Waals surface area contributed by atoms with Crippen LogP contribution < -0.4 is 0 Å². The highest BCUT2D eigenvalue weighted by molar-refractivity contribution is 5.66. The fraction of sp³-hybridized carbons (Fsp3) is 0.526. The average Bonchev–Trinajstić information content (AvgIpc) is 2.53. The van der Waals surface area contributed by atoms with Crippen LogP contribution in [0.4, 0.5) is 0 Å². The zero-order valence-corrected chi connectivity index (χ0v) is 13.3. The van der Waals surface area contributed by atoms with E-state index in [0.717, 1.165) is 25.9 Å². The second kappa shape index (κ2) is 9.29. The van der Waals surface area contributed by atoms with Crippen molar-refractivity contribution >= 4 is 12.0 Å². The maximum Gasteiger partial charge on any atom is 0.303 e. The lowest BCUT2D eigenvalue weighted by atomic mass is 10.0. The summed E-state index contributed by atoms with van der Waals surface area (Å²) in [6.45, 7) is 2.16. The van der Waals surface area contributed by atoms with E-state index in [1.807, 2.05) is 0 Å². The summed E-state index contributed by atoms with van der Waals surface area (Å²) >= 11 is 0. The van der Waals surface area contributed by atoms with Crippen LogP contribution >= 0.6 is 0 Å². The molecule has 1 aliphatic rings. The lowest BCUT2D eigenvalue weighted by Gasteiger charge is -2.25. The number of fused-ring (bicyclic) bond motifs is 1. The first-order chi connectivity index (χ1) is 10.8. The Kier molecular flexibility index (Phi) is 7.01. The van der Waals surface area contributed by atoms with E-state index in [-0.39, 0.29) is 0 Å². The van der Waals surface area contributed by atoms with Crippen LogP contribution in [0.15, 0.2) is 30.5 Å². The highest BCUT2D eigenvalue weighted by atomic mass is 16.4. The van der Waals surface area contributed by atoms with Gasteiger partial charge in [0, 0.05) is 19.5 Å². The van der Waals surface area contributed by atoms with Gasteiger partial charge >= 0.3 is 5.97 Å². The molecule has 3 heteroatoms. The minimum Gasteiger partial charge on any atom is -0.481 e. The molecule has 0 amide bonds. The smallest absolute Gasteiger partial charge is 0.303 e. The quantitative estimate of drug-likeness (QED) is 0.638. The molecule has 1 aliphatic heterocycles. The second-order valence-electron chi connectivity index (χ2n) is 6.10. The summed E-state index contributed by atoms with van der Waals surface area (Å²) in [5.74, 6) is -0.670. The van der Waals surface area contributed by atoms with Crippen LogP contribution in [-0.4, -0.2) is 22.5 Å². The number of unbranched alkanes of at least 4 members (excludes halogenated alkanes) is 6. The average molecular weight is 301 g/mol. The predicted octanol–water partition coefficient (Wildman–Crippen LogP) is 4.68. The van der Waals surface area contributed by atoms with E-state index in [9.17, 15) is 4.79 Å². The minimum atomic E-state index is -0.670. The van der Waals surface area contributed by atoms with Crippen molar-refractivity contribution in [3.05, 3.63) is 41.6 Å². The molecule has 22 heavy (non-hydrogen) atoms. The van der Waals surface area contributed by atoms with Crippen LogP contribution in [0.3, 0.4) is 0 Å². The minimum absolute atomic E-state index is 0.322. The van der Waals surface area contributed by atoms with Crippen molar-refractivity contribution in [2.75, 3.05) is 6.54 Å². The van der Waals surface area contributed by atoms with E-state index < -0.39 is 5.97 Å². The van der Waals surface area contributed by atoms with Gasteiger partial charge in [-0.05, 0) is 36.2 Å². The van der Waals surface area contributed by atoms with Gasteiger partial charge in [-0.3, -0.25) is 4.79 Å². The van der Waals surface area contributed by atoms with Gasteiger partial charge in [0.05, 0.1) is 0 Å². The highest BCUT2D eigenvalue weighted by Crippen LogP contribution is 2.19. The van der Waals surface area contributed by atoms with E-state index in [4.69, 9.17) is 5.11 Å². The van der Waals surface area contributed by atoms with E-state index in [1.54, 1.807) is 0 Å². The Balaban J connectivity index is 1.49. The molecular weight excluding hydrogens is 274 g/mol. The van der Waals surface area contributed by atoms with Crippen LogP contribution in [0, 0.1) is 0 Å². The number of carboxylic acids is 1. The van der Waals surface area contributed by atoms with Gasteiger partial charge in [-0.15, -0.1) is 0 Å². The Labute approximate surface area is 133 Å². The first kappa shape index (κ1) is 16.6. The van der Waals surface area contributed by atoms with Crippen LogP contribution in [-0.2, 0) is 11.3 Å². The maximum atomic E-state index is 10.4. The van der Waals surface area contributed by atoms with Gasteiger partial charge in [-0.2, -0.15) is 0 Å². The summed E-state index contributed by atoms with van der Waals surface area (Å²) in [5, 5.41) is 8.56. The van der Waals surface area contributed by atoms with Crippen molar-refractivity contribution in [3.8, 4) is 0 Å². The zero-order chi connectivity index (χ0) is 15.6. The predicted molar refractivity (Wildman–Crippen MR) is 90.5 cm³/mol. The van der Waals surface area contributed by atoms with Crippen LogP contribution in [0.1, 0.15) is 62.5 Å². The van der Waals surface area contributed by atoms with Gasteiger partial charge in [-0.25, -0.2) is 0 Å². The van der Waals surface area contributed by atoms with Gasteiger partial charge in [0.25, 0.3) is 0 Å². The molecule has 2 rings (SSSR count). The molecule has 0 atom stereocenters. The van der Waals surface area contributed by atoms with Crippen molar-refractivity contribution in [3.63, 3.8) is 0 Å². The molecule has 3 nitrogen and oxygen atoms in total. The molecule has 0 spiro atoms. The van der Waals surface area contributed by atoms with E-state index in [2.05, 4.69) is 41.4 Å². The lowest BCUT2D eigenvalue weighted by molar-refractivity contribution is -0.137. The number of hydrogen-bond acceptors (Lipinski definition) is 2. The Bertz CT molecular complexity index is 496. The van der Waals surface area contributed by atoms with Gasteiger partial charge < -0.3 is 10.0 Å². The van der Waals surface area contributed by atoms with Gasteiger partial charge in [0.1, 0.15) is 0 Å². The molecule has 0 bridgehead atoms. The molecule has 1 aromatic rings. The summed E-state index contributed by atoms with van der Waals surface area (Å²) in [6.07, 6.45) is 12.8. The molecule has 0 unspecified atom stereocenters. The molecular formula is C19H27NO2. The van der Waals surface area contributed by atoms with Crippen molar-refractivity contribution < 1.29 is 9.90 Å². The van der Waals surface area contributed by atoms with Gasteiger partial charge in [0.2, 0.25) is 0 Å². The monoisotopic (exact) mass is 301 g/mol. The number of rotatable bonds is 10. The number of nitrogens with zero attached hydrogens (tertiary/aromatic N) is 1. The van der Waals surface area contributed by atoms with Crippen LogP contribution in [0.25, 0.3) is 6.08 Å². The molecule has 0 saturated carbocycles. The molecule has 0 aromatic heterocycles. The Hall–Kier alpha value is -1.77. The van der Waals surface area contributed by atoms with E-state index in [1.165, 1.54) is 43.2 Å². The lowest BCUT2D eigenvalue weighted by Crippen LogP contribution is -2.21. The van der Waals surface area contributed by atoms with Crippen molar-refractivity contribution in [2.45, 2.75) is 57.9 Å². The normalized spacial score (nSPS) is 13.2. The maximum absolute atomic E-state index is 10.4. The van der Waals surface area contributed by atoms with Gasteiger partial charge in [0.15, 0.2) is 0 Å². The third-order valence-corrected chi connectivity index (χ3v) is 4.23. The van der Waals surface area contributed by atoms with Crippen LogP contribution in [0.5, 0.6) is 0 Å². The third kappa shape index (κ3) is 5.92. The topological polar surface area (TPSA) is 40.5 Å². The third-order valence-electron chi connectivity index (χ3n) is 4.23. The number of carbonyl (C=O) groups is 1. The summed E-state index contributed by atoms with van der Waals surface area (Å²) in [4.78, 5) is 12.8. The molecule has 1 aromatic carbocycles. The summed E-state index contributed by atoms with van der Waals surface area (Å²) < 4.78 is 0. The molecule has 1 N–H and O–H groups in total. The van der Waals surface area contributed by atoms with Crippen LogP contribution in [0.2, 0.25) is 0 Å². The Morgan fingerprint density at radius 2 is 1.68 bits per heavy atom. The first-order valence-corrected chi connectivity index (χ1v) is 8.47. The molecule has 120 valence electrons. The number of aliphatic carboxylic acids is 1. The zero-order valence-electron chi connectivity index (χ0n) is 13.3. The molecule has 0 radical (unpaired) electrons. The first-order valence-electron chi connectivity index (χ1n) is 8.47. The standard InChI is InChI=1S/C19H27NO2/c21-19(22)12-6-4-2-1-3-5-9-14-20-15-13-17-10-7-8-11-18(17)16-20/h7-8,10-11,13,15H,1-6,9,12,14,16H2,(H,21,22). The Morgan fingerprint density at radius 3 is 2.45 bits per heavy atom. The van der Waals surface area contributed by atoms with Crippen molar-refractivity contribution in [1.29, 1.82) is 0 Å². The molecule has 0 fully saturated rings. The molecule has 0 aliphatic carbocycles. The second-order valence-corrected chi connectivity index (χ2v) is 6.10. The Morgan fingerprint density at radius 1 is 1.00 bits per heavy atom. The van der Waals surface area contributed by atoms with E-state index >= 15 is 0 Å². The fourth-order valence-corrected chi connectivity index (χ4v) is 2.93. The van der Waals surface area contributed by atoms with Crippen molar-refractivity contribution in [2.24, 2.45) is 0 Å². The largest absolute Gasteiger partial charge is 0.481 e. The number of hydrogen-bond donors (Lipinski definition) is 1. The van der Waals surface area contributed by atoms with Gasteiger partial charge in [-0.1, -0.05) is 56.4 Å². The summed E-state index contributed by atoms with van der Waals surface area (Å²) in [5.41, 5.74) is 2.77. The molecule has 0 saturated heterocycles. The number of benzene rings is 1. The molecule has 1 heterocycles. The SMILES string of the molecule is O=C(O)CCCCCCCCCN1C=Cc2ccccc2C1. The van der Waals surface area contributed by atoms with Crippen molar-refractivity contribution in [1.82, 2.24) is 4.90 Å². The summed E-state index contributed by atoms with van der Waals surface area (Å²) in [6, 6.07) is 8.59. The fourth-order valence-electron chi connectivity index (χ4n) is 2.93. The summed E-state index contributed by atoms with van der Waals surface area (Å²) in [7, 11) is 0. The van der Waals surface area contributed by atoms with E-state index in [0.29, 0.717) is 6.42 Å².